The summed E-state index contributed by atoms with van der Waals surface area (Å²) in [7, 11) is 11.4. The van der Waals surface area contributed by atoms with Crippen molar-refractivity contribution in [2.75, 3.05) is 88.6 Å². The average Bonchev–Trinajstić information content (AvgIpc) is 4.16. The van der Waals surface area contributed by atoms with Crippen molar-refractivity contribution in [3.8, 4) is 31.7 Å². The minimum atomic E-state index is -0.952. The highest BCUT2D eigenvalue weighted by Crippen LogP contribution is 2.42. The van der Waals surface area contributed by atoms with Gasteiger partial charge in [0.15, 0.2) is 6.29 Å². The standard InChI is InChI=1S/C20H25N3O3S.C16H18N2O3S.C16H18N2O2S.CH2Cl2/c1-22(2)16-7-6-13(12-14(16)20(25)23-8-10-26-11-9-23)19-21-15-4-3-5-17(24)18(15)27-19;1-18(2)12-7-6-9(8-10(12)16(20)21)15-17-11-4-3-5-13(19)14(11)22-15;1-18(2)13-7-6-10(8-11(13)9-19)16-17-12-4-3-5-14(20)15(12)21-16;2-1-3/h6-7,12,17,24H,3-5,8-11H2,1-2H3;6-8,13,19H,3-5H2,1-2H3,(H,20,21);6-9,14,20H,3-5H2,1-2H3;1H2. The number of nitrogens with zero attached hydrogens (tertiary/aromatic N) is 7. The molecule has 0 bridgehead atoms. The van der Waals surface area contributed by atoms with E-state index in [1.165, 1.54) is 22.7 Å². The number of benzene rings is 3. The maximum absolute atomic E-state index is 13.1. The number of anilines is 3. The number of thiazole rings is 3. The van der Waals surface area contributed by atoms with Crippen LogP contribution in [0, 0.1) is 0 Å². The zero-order valence-electron chi connectivity index (χ0n) is 41.9. The molecule has 73 heavy (non-hydrogen) atoms. The maximum Gasteiger partial charge on any atom is 0.337 e. The first-order valence-electron chi connectivity index (χ1n) is 24.2. The molecule has 0 spiro atoms. The van der Waals surface area contributed by atoms with Gasteiger partial charge in [-0.15, -0.1) is 57.2 Å². The van der Waals surface area contributed by atoms with E-state index in [0.29, 0.717) is 43.1 Å². The van der Waals surface area contributed by atoms with Crippen LogP contribution in [0.5, 0.6) is 0 Å². The van der Waals surface area contributed by atoms with Crippen LogP contribution >= 0.6 is 57.2 Å². The Hall–Kier alpha value is -5.02. The summed E-state index contributed by atoms with van der Waals surface area (Å²) >= 11 is 14.1. The summed E-state index contributed by atoms with van der Waals surface area (Å²) in [5.74, 6) is -0.919. The number of aliphatic hydroxyl groups is 3. The first-order chi connectivity index (χ1) is 35.0. The van der Waals surface area contributed by atoms with Crippen molar-refractivity contribution >= 4 is 92.4 Å². The van der Waals surface area contributed by atoms with Crippen LogP contribution < -0.4 is 14.7 Å². The molecule has 4 heterocycles. The van der Waals surface area contributed by atoms with Crippen molar-refractivity contribution in [1.29, 1.82) is 0 Å². The third-order valence-electron chi connectivity index (χ3n) is 12.9. The minimum absolute atomic E-state index is 0.0326. The lowest BCUT2D eigenvalue weighted by Gasteiger charge is -2.28. The number of aldehydes is 1. The Balaban J connectivity index is 0.000000157. The van der Waals surface area contributed by atoms with Crippen LogP contribution in [0.15, 0.2) is 54.6 Å². The van der Waals surface area contributed by atoms with E-state index in [4.69, 9.17) is 32.9 Å². The number of amides is 1. The molecule has 4 aliphatic rings. The molecular formula is C53H63Cl2N7O8S3. The van der Waals surface area contributed by atoms with E-state index in [-0.39, 0.29) is 22.9 Å². The second kappa shape index (κ2) is 25.5. The summed E-state index contributed by atoms with van der Waals surface area (Å²) in [6.07, 6.45) is 7.66. The van der Waals surface area contributed by atoms with Gasteiger partial charge in [-0.2, -0.15) is 0 Å². The highest BCUT2D eigenvalue weighted by molar-refractivity contribution is 7.16. The van der Waals surface area contributed by atoms with Crippen LogP contribution in [0.1, 0.15) is 120 Å². The van der Waals surface area contributed by atoms with Gasteiger partial charge in [0.2, 0.25) is 0 Å². The van der Waals surface area contributed by atoms with Crippen molar-refractivity contribution in [2.24, 2.45) is 0 Å². The number of aromatic nitrogens is 3. The van der Waals surface area contributed by atoms with E-state index in [9.17, 15) is 34.8 Å². The highest BCUT2D eigenvalue weighted by atomic mass is 35.5. The molecule has 390 valence electrons. The Bertz CT molecular complexity index is 2880. The lowest BCUT2D eigenvalue weighted by Crippen LogP contribution is -2.41. The maximum atomic E-state index is 13.1. The number of rotatable bonds is 9. The van der Waals surface area contributed by atoms with Gasteiger partial charge in [0.25, 0.3) is 5.91 Å². The fraction of sp³-hybridized carbons (Fsp3) is 0.434. The molecular weight excluding hydrogens is 1030 g/mol. The molecule has 4 N–H and O–H groups in total. The average molecular weight is 1090 g/mol. The van der Waals surface area contributed by atoms with Crippen LogP contribution in [0.3, 0.4) is 0 Å². The zero-order chi connectivity index (χ0) is 52.5. The van der Waals surface area contributed by atoms with Gasteiger partial charge in [-0.05, 0) is 112 Å². The number of carbonyl (C=O) groups is 3. The Morgan fingerprint density at radius 2 is 1.00 bits per heavy atom. The second-order valence-corrected chi connectivity index (χ2v) is 22.5. The molecule has 1 saturated heterocycles. The number of ether oxygens (including phenoxy) is 1. The molecule has 1 aliphatic heterocycles. The number of aryl methyl sites for hydroxylation is 3. The van der Waals surface area contributed by atoms with Gasteiger partial charge in [-0.3, -0.25) is 9.59 Å². The number of carboxylic acid groups (broad SMARTS) is 1. The van der Waals surface area contributed by atoms with Crippen LogP contribution in [0.25, 0.3) is 31.7 Å². The predicted molar refractivity (Wildman–Crippen MR) is 295 cm³/mol. The summed E-state index contributed by atoms with van der Waals surface area (Å²) in [6.45, 7) is 2.40. The number of fused-ring (bicyclic) bond motifs is 3. The second-order valence-electron chi connectivity index (χ2n) is 18.6. The molecule has 0 saturated carbocycles. The van der Waals surface area contributed by atoms with E-state index >= 15 is 0 Å². The molecule has 20 heteroatoms. The van der Waals surface area contributed by atoms with Crippen molar-refractivity contribution < 1.29 is 39.5 Å². The first kappa shape index (κ1) is 55.7. The molecule has 3 aromatic carbocycles. The first-order valence-corrected chi connectivity index (χ1v) is 27.7. The Morgan fingerprint density at radius 1 is 0.630 bits per heavy atom. The number of halogens is 2. The number of aromatic carboxylic acids is 1. The summed E-state index contributed by atoms with van der Waals surface area (Å²) < 4.78 is 5.38. The van der Waals surface area contributed by atoms with E-state index in [2.05, 4.69) is 9.97 Å². The van der Waals surface area contributed by atoms with Gasteiger partial charge >= 0.3 is 5.97 Å². The number of hydrogen-bond acceptors (Lipinski definition) is 16. The summed E-state index contributed by atoms with van der Waals surface area (Å²) in [4.78, 5) is 60.3. The third kappa shape index (κ3) is 13.3. The van der Waals surface area contributed by atoms with Crippen LogP contribution in [-0.4, -0.2) is 132 Å². The number of hydrogen-bond donors (Lipinski definition) is 4. The molecule has 3 aliphatic carbocycles. The molecule has 0 radical (unpaired) electrons. The smallest absolute Gasteiger partial charge is 0.337 e. The fourth-order valence-corrected chi connectivity index (χ4v) is 12.5. The predicted octanol–water partition coefficient (Wildman–Crippen LogP) is 10.1. The van der Waals surface area contributed by atoms with Gasteiger partial charge in [-0.1, -0.05) is 0 Å². The molecule has 3 atom stereocenters. The molecule has 3 unspecified atom stereocenters. The van der Waals surface area contributed by atoms with E-state index in [1.54, 1.807) is 28.4 Å². The molecule has 1 amide bonds. The number of carboxylic acids is 1. The molecule has 10 rings (SSSR count). The van der Waals surface area contributed by atoms with Gasteiger partial charge in [0, 0.05) is 89.0 Å². The Kier molecular flexibility index (Phi) is 19.4. The number of carbonyl (C=O) groups excluding carboxylic acids is 2. The SMILES string of the molecule is CN(C)c1ccc(-c2nc3c(s2)C(O)CCC3)cc1C(=O)N1CCOCC1.CN(C)c1ccc(-c2nc3c(s2)C(O)CCC3)cc1C(=O)O.CN(C)c1ccc(-c2nc3c(s2)C(O)CCC3)cc1C=O.ClCCl. The Morgan fingerprint density at radius 3 is 1.37 bits per heavy atom. The lowest BCUT2D eigenvalue weighted by atomic mass is 10.0. The molecule has 1 fully saturated rings. The number of alkyl halides is 2. The van der Waals surface area contributed by atoms with Crippen molar-refractivity contribution in [3.63, 3.8) is 0 Å². The normalized spacial score (nSPS) is 17.7. The highest BCUT2D eigenvalue weighted by Gasteiger charge is 2.28. The van der Waals surface area contributed by atoms with E-state index in [0.717, 1.165) is 139 Å². The van der Waals surface area contributed by atoms with E-state index in [1.807, 2.05) is 99.5 Å². The van der Waals surface area contributed by atoms with Gasteiger partial charge in [0.05, 0.1) is 85.4 Å². The number of aliphatic hydroxyl groups excluding tert-OH is 3. The van der Waals surface area contributed by atoms with Crippen LogP contribution in [-0.2, 0) is 24.0 Å². The Labute approximate surface area is 448 Å². The summed E-state index contributed by atoms with van der Waals surface area (Å²) in [5.41, 5.74) is 9.70. The van der Waals surface area contributed by atoms with Crippen molar-refractivity contribution in [1.82, 2.24) is 19.9 Å². The van der Waals surface area contributed by atoms with Crippen molar-refractivity contribution in [3.05, 3.63) is 103 Å². The molecule has 15 nitrogen and oxygen atoms in total. The lowest BCUT2D eigenvalue weighted by molar-refractivity contribution is 0.0303. The number of morpholine rings is 1. The van der Waals surface area contributed by atoms with Gasteiger partial charge in [-0.25, -0.2) is 19.7 Å². The molecule has 6 aromatic rings. The summed E-state index contributed by atoms with van der Waals surface area (Å²) in [6, 6.07) is 17.1. The van der Waals surface area contributed by atoms with Crippen LogP contribution in [0.4, 0.5) is 17.1 Å². The monoisotopic (exact) mass is 1090 g/mol. The van der Waals surface area contributed by atoms with Gasteiger partial charge < -0.3 is 44.8 Å². The third-order valence-corrected chi connectivity index (χ3v) is 16.6. The summed E-state index contributed by atoms with van der Waals surface area (Å²) in [5, 5.41) is 42.5. The van der Waals surface area contributed by atoms with Crippen LogP contribution in [0.2, 0.25) is 0 Å². The van der Waals surface area contributed by atoms with Gasteiger partial charge in [0.1, 0.15) is 15.0 Å². The minimum Gasteiger partial charge on any atom is -0.478 e. The topological polar surface area (TPSA) is 193 Å². The fourth-order valence-electron chi connectivity index (χ4n) is 9.15. The van der Waals surface area contributed by atoms with E-state index < -0.39 is 18.2 Å². The largest absolute Gasteiger partial charge is 0.478 e. The molecule has 3 aromatic heterocycles. The zero-order valence-corrected chi connectivity index (χ0v) is 45.9. The van der Waals surface area contributed by atoms with Crippen molar-refractivity contribution in [2.45, 2.75) is 76.1 Å². The quantitative estimate of drug-likeness (QED) is 0.0789.